The van der Waals surface area contributed by atoms with Gasteiger partial charge in [-0.1, -0.05) is 101 Å². The van der Waals surface area contributed by atoms with Crippen molar-refractivity contribution >= 4 is 46.0 Å². The molecule has 3 aromatic carbocycles. The van der Waals surface area contributed by atoms with Crippen LogP contribution < -0.4 is 9.64 Å². The molecular weight excluding hydrogens is 542 g/mol. The van der Waals surface area contributed by atoms with Gasteiger partial charge < -0.3 is 9.84 Å². The van der Waals surface area contributed by atoms with Gasteiger partial charge in [0.05, 0.1) is 18.2 Å². The number of rotatable bonds is 10. The Morgan fingerprint density at radius 3 is 2.60 bits per heavy atom. The molecule has 0 bridgehead atoms. The number of hydrogen-bond donors (Lipinski definition) is 1. The molecule has 1 atom stereocenters. The first-order valence-electron chi connectivity index (χ1n) is 12.7. The van der Waals surface area contributed by atoms with Crippen LogP contribution in [0.15, 0.2) is 101 Å². The van der Waals surface area contributed by atoms with Gasteiger partial charge in [0.25, 0.3) is 5.91 Å². The number of ketones is 1. The lowest BCUT2D eigenvalue weighted by Crippen LogP contribution is -2.30. The monoisotopic (exact) mass is 569 g/mol. The van der Waals surface area contributed by atoms with Crippen molar-refractivity contribution in [2.24, 2.45) is 0 Å². The predicted molar refractivity (Wildman–Crippen MR) is 159 cm³/mol. The maximum absolute atomic E-state index is 13.5. The van der Waals surface area contributed by atoms with Gasteiger partial charge in [0, 0.05) is 5.75 Å². The second-order valence-corrected chi connectivity index (χ2v) is 11.3. The van der Waals surface area contributed by atoms with Crippen LogP contribution in [-0.2, 0) is 15.3 Å². The van der Waals surface area contributed by atoms with Crippen LogP contribution in [0, 0.1) is 6.92 Å². The molecule has 0 saturated carbocycles. The summed E-state index contributed by atoms with van der Waals surface area (Å²) in [4.78, 5) is 28.3. The maximum Gasteiger partial charge on any atom is 0.296 e. The van der Waals surface area contributed by atoms with Crippen LogP contribution in [-0.4, -0.2) is 33.6 Å². The maximum atomic E-state index is 13.5. The SMILES string of the molecule is CCOc1cccc(C2C(C(=O)/C=C/c3ccccc3)=C(O)C(=O)N2c2nnc(SCc3ccc(C)cc3)s2)c1. The van der Waals surface area contributed by atoms with Crippen LogP contribution in [0.2, 0.25) is 0 Å². The molecule has 1 unspecified atom stereocenters. The van der Waals surface area contributed by atoms with Crippen LogP contribution >= 0.6 is 23.1 Å². The van der Waals surface area contributed by atoms with Crippen LogP contribution in [0.3, 0.4) is 0 Å². The molecule has 0 aliphatic carbocycles. The van der Waals surface area contributed by atoms with Gasteiger partial charge in [-0.25, -0.2) is 0 Å². The summed E-state index contributed by atoms with van der Waals surface area (Å²) >= 11 is 2.76. The molecule has 1 N–H and O–H groups in total. The number of aryl methyl sites for hydroxylation is 1. The molecule has 4 aromatic rings. The van der Waals surface area contributed by atoms with E-state index in [0.29, 0.717) is 33.1 Å². The van der Waals surface area contributed by atoms with Crippen molar-refractivity contribution in [2.45, 2.75) is 30.0 Å². The largest absolute Gasteiger partial charge is 0.503 e. The summed E-state index contributed by atoms with van der Waals surface area (Å²) < 4.78 is 6.35. The summed E-state index contributed by atoms with van der Waals surface area (Å²) in [6.07, 6.45) is 3.04. The number of hydrogen-bond acceptors (Lipinski definition) is 8. The standard InChI is InChI=1S/C31H27N3O4S2/c1-3-38-24-11-7-10-23(18-24)27-26(25(35)17-16-21-8-5-4-6-9-21)28(36)29(37)34(27)30-32-33-31(40-30)39-19-22-14-12-20(2)13-15-22/h4-18,27,36H,3,19H2,1-2H3/b17-16+. The number of benzene rings is 3. The van der Waals surface area contributed by atoms with E-state index < -0.39 is 23.5 Å². The number of thioether (sulfide) groups is 1. The van der Waals surface area contributed by atoms with Gasteiger partial charge in [0.15, 0.2) is 15.9 Å². The minimum Gasteiger partial charge on any atom is -0.503 e. The summed E-state index contributed by atoms with van der Waals surface area (Å²) in [5.41, 5.74) is 3.76. The molecule has 1 aliphatic rings. The number of aliphatic hydroxyl groups excluding tert-OH is 1. The smallest absolute Gasteiger partial charge is 0.296 e. The Balaban J connectivity index is 1.47. The summed E-state index contributed by atoms with van der Waals surface area (Å²) in [7, 11) is 0. The zero-order chi connectivity index (χ0) is 28.1. The Morgan fingerprint density at radius 2 is 1.85 bits per heavy atom. The van der Waals surface area contributed by atoms with Crippen molar-refractivity contribution in [2.75, 3.05) is 11.5 Å². The highest BCUT2D eigenvalue weighted by Gasteiger charge is 2.45. The normalized spacial score (nSPS) is 15.3. The molecule has 1 amide bonds. The van der Waals surface area contributed by atoms with Gasteiger partial charge in [-0.3, -0.25) is 14.5 Å². The highest BCUT2D eigenvalue weighted by Crippen LogP contribution is 2.44. The third-order valence-corrected chi connectivity index (χ3v) is 8.40. The molecule has 1 aromatic heterocycles. The zero-order valence-corrected chi connectivity index (χ0v) is 23.6. The fraction of sp³-hybridized carbons (Fsp3) is 0.161. The summed E-state index contributed by atoms with van der Waals surface area (Å²) in [5.74, 6) is -0.479. The molecule has 7 nitrogen and oxygen atoms in total. The number of aromatic nitrogens is 2. The third kappa shape index (κ3) is 6.00. The van der Waals surface area contributed by atoms with Gasteiger partial charge in [-0.2, -0.15) is 0 Å². The molecule has 9 heteroatoms. The molecule has 0 saturated heterocycles. The van der Waals surface area contributed by atoms with Crippen molar-refractivity contribution in [3.8, 4) is 5.75 Å². The van der Waals surface area contributed by atoms with Crippen molar-refractivity contribution < 1.29 is 19.4 Å². The third-order valence-electron chi connectivity index (χ3n) is 6.27. The van der Waals surface area contributed by atoms with Crippen LogP contribution in [0.1, 0.15) is 35.2 Å². The predicted octanol–water partition coefficient (Wildman–Crippen LogP) is 6.72. The van der Waals surface area contributed by atoms with Crippen LogP contribution in [0.4, 0.5) is 5.13 Å². The summed E-state index contributed by atoms with van der Waals surface area (Å²) in [6, 6.07) is 23.9. The molecule has 1 aliphatic heterocycles. The Hall–Kier alpha value is -4.21. The minimum atomic E-state index is -0.899. The van der Waals surface area contributed by atoms with Gasteiger partial charge in [0.2, 0.25) is 5.13 Å². The molecule has 0 fully saturated rings. The van der Waals surface area contributed by atoms with Crippen LogP contribution in [0.25, 0.3) is 6.08 Å². The average molecular weight is 570 g/mol. The molecular formula is C31H27N3O4S2. The van der Waals surface area contributed by atoms with Gasteiger partial charge in [0.1, 0.15) is 5.75 Å². The molecule has 40 heavy (non-hydrogen) atoms. The van der Waals surface area contributed by atoms with Crippen molar-refractivity contribution in [3.05, 3.63) is 119 Å². The van der Waals surface area contributed by atoms with E-state index in [1.54, 1.807) is 30.3 Å². The first-order valence-corrected chi connectivity index (χ1v) is 14.5. The first-order chi connectivity index (χ1) is 19.4. The van der Waals surface area contributed by atoms with Gasteiger partial charge in [-0.15, -0.1) is 10.2 Å². The van der Waals surface area contributed by atoms with Crippen molar-refractivity contribution in [1.29, 1.82) is 0 Å². The van der Waals surface area contributed by atoms with E-state index in [4.69, 9.17) is 4.74 Å². The topological polar surface area (TPSA) is 92.6 Å². The van der Waals surface area contributed by atoms with E-state index in [0.717, 1.165) is 11.1 Å². The quantitative estimate of drug-likeness (QED) is 0.129. The fourth-order valence-electron chi connectivity index (χ4n) is 4.32. The number of anilines is 1. The minimum absolute atomic E-state index is 0.0186. The number of aliphatic hydroxyl groups is 1. The molecule has 5 rings (SSSR count). The Morgan fingerprint density at radius 1 is 1.07 bits per heavy atom. The van der Waals surface area contributed by atoms with Crippen molar-refractivity contribution in [3.63, 3.8) is 0 Å². The number of allylic oxidation sites excluding steroid dienone is 1. The zero-order valence-electron chi connectivity index (χ0n) is 22.0. The lowest BCUT2D eigenvalue weighted by Gasteiger charge is -2.24. The number of amides is 1. The van der Waals surface area contributed by atoms with E-state index in [2.05, 4.69) is 34.5 Å². The van der Waals surface area contributed by atoms with Gasteiger partial charge >= 0.3 is 0 Å². The van der Waals surface area contributed by atoms with Crippen molar-refractivity contribution in [1.82, 2.24) is 10.2 Å². The number of nitrogens with zero attached hydrogens (tertiary/aromatic N) is 3. The van der Waals surface area contributed by atoms with Gasteiger partial charge in [-0.05, 0) is 48.7 Å². The average Bonchev–Trinajstić information content (AvgIpc) is 3.54. The van der Waals surface area contributed by atoms with Crippen LogP contribution in [0.5, 0.6) is 5.75 Å². The Kier molecular flexibility index (Phi) is 8.42. The highest BCUT2D eigenvalue weighted by molar-refractivity contribution is 8.00. The first kappa shape index (κ1) is 27.4. The van der Waals surface area contributed by atoms with E-state index in [1.165, 1.54) is 39.6 Å². The Bertz CT molecular complexity index is 1580. The van der Waals surface area contributed by atoms with E-state index in [9.17, 15) is 14.7 Å². The summed E-state index contributed by atoms with van der Waals surface area (Å²) in [6.45, 7) is 4.38. The molecule has 0 spiro atoms. The lowest BCUT2D eigenvalue weighted by atomic mass is 9.95. The number of ether oxygens (including phenoxy) is 1. The fourth-order valence-corrected chi connectivity index (χ4v) is 6.15. The second-order valence-electron chi connectivity index (χ2n) is 9.08. The Labute approximate surface area is 240 Å². The summed E-state index contributed by atoms with van der Waals surface area (Å²) in [5, 5.41) is 19.9. The number of carbonyl (C=O) groups excluding carboxylic acids is 2. The molecule has 0 radical (unpaired) electrons. The van der Waals surface area contributed by atoms with E-state index in [1.807, 2.05) is 44.2 Å². The highest BCUT2D eigenvalue weighted by atomic mass is 32.2. The molecule has 2 heterocycles. The van der Waals surface area contributed by atoms with E-state index in [-0.39, 0.29) is 5.57 Å². The van der Waals surface area contributed by atoms with E-state index >= 15 is 0 Å². The lowest BCUT2D eigenvalue weighted by molar-refractivity contribution is -0.117. The second kappa shape index (κ2) is 12.3. The molecule has 202 valence electrons. The number of carbonyl (C=O) groups is 2.